The number of anilines is 2. The third-order valence-corrected chi connectivity index (χ3v) is 3.06. The molecule has 5 heteroatoms. The van der Waals surface area contributed by atoms with Crippen LogP contribution in [0, 0.1) is 0 Å². The van der Waals surface area contributed by atoms with Crippen LogP contribution in [0.15, 0.2) is 48.0 Å². The Morgan fingerprint density at radius 2 is 2.00 bits per heavy atom. The minimum atomic E-state index is 0.876. The Bertz CT molecular complexity index is 586. The molecule has 84 valence electrons. The lowest BCUT2D eigenvalue weighted by Gasteiger charge is -2.00. The lowest BCUT2D eigenvalue weighted by atomic mass is 10.3. The van der Waals surface area contributed by atoms with Gasteiger partial charge in [0.05, 0.1) is 5.69 Å². The van der Waals surface area contributed by atoms with Crippen LogP contribution in [-0.2, 0) is 0 Å². The molecule has 0 aliphatic rings. The molecule has 0 amide bonds. The second-order valence-electron chi connectivity index (χ2n) is 3.50. The number of rotatable bonds is 3. The number of aromatic amines is 1. The van der Waals surface area contributed by atoms with E-state index in [1.807, 2.05) is 41.8 Å². The van der Waals surface area contributed by atoms with Gasteiger partial charge in [-0.3, -0.25) is 5.10 Å². The Kier molecular flexibility index (Phi) is 2.59. The molecule has 2 heterocycles. The van der Waals surface area contributed by atoms with Gasteiger partial charge < -0.3 is 5.32 Å². The number of nitrogens with one attached hydrogen (secondary N) is 2. The SMILES string of the molecule is c1ccc(Nc2nc(-c3ccn[nH]3)cs2)cc1. The zero-order chi connectivity index (χ0) is 11.5. The molecule has 2 aromatic heterocycles. The molecule has 3 rings (SSSR count). The van der Waals surface area contributed by atoms with Crippen molar-refractivity contribution in [3.63, 3.8) is 0 Å². The maximum Gasteiger partial charge on any atom is 0.187 e. The van der Waals surface area contributed by atoms with Crippen LogP contribution in [0.2, 0.25) is 0 Å². The highest BCUT2D eigenvalue weighted by Gasteiger charge is 2.05. The molecule has 1 aromatic carbocycles. The average molecular weight is 242 g/mol. The highest BCUT2D eigenvalue weighted by Crippen LogP contribution is 2.25. The fraction of sp³-hybridized carbons (Fsp3) is 0. The van der Waals surface area contributed by atoms with Crippen molar-refractivity contribution in [3.05, 3.63) is 48.0 Å². The summed E-state index contributed by atoms with van der Waals surface area (Å²) >= 11 is 1.57. The van der Waals surface area contributed by atoms with Gasteiger partial charge in [0.25, 0.3) is 0 Å². The number of aromatic nitrogens is 3. The molecular formula is C12H10N4S. The van der Waals surface area contributed by atoms with Crippen molar-refractivity contribution in [2.24, 2.45) is 0 Å². The number of nitrogens with zero attached hydrogens (tertiary/aromatic N) is 2. The lowest BCUT2D eigenvalue weighted by Crippen LogP contribution is -1.88. The van der Waals surface area contributed by atoms with E-state index in [0.717, 1.165) is 22.2 Å². The molecule has 0 saturated heterocycles. The van der Waals surface area contributed by atoms with Crippen LogP contribution < -0.4 is 5.32 Å². The van der Waals surface area contributed by atoms with Crippen molar-refractivity contribution >= 4 is 22.2 Å². The van der Waals surface area contributed by atoms with Gasteiger partial charge in [-0.05, 0) is 18.2 Å². The first-order valence-corrected chi connectivity index (χ1v) is 6.07. The Morgan fingerprint density at radius 1 is 1.12 bits per heavy atom. The van der Waals surface area contributed by atoms with E-state index in [4.69, 9.17) is 0 Å². The molecule has 0 radical (unpaired) electrons. The van der Waals surface area contributed by atoms with Crippen molar-refractivity contribution in [1.29, 1.82) is 0 Å². The van der Waals surface area contributed by atoms with Gasteiger partial charge in [-0.1, -0.05) is 18.2 Å². The van der Waals surface area contributed by atoms with E-state index in [1.54, 1.807) is 17.5 Å². The van der Waals surface area contributed by atoms with E-state index in [2.05, 4.69) is 20.5 Å². The summed E-state index contributed by atoms with van der Waals surface area (Å²) < 4.78 is 0. The van der Waals surface area contributed by atoms with Crippen LogP contribution in [0.5, 0.6) is 0 Å². The van der Waals surface area contributed by atoms with Gasteiger partial charge in [0.15, 0.2) is 5.13 Å². The summed E-state index contributed by atoms with van der Waals surface area (Å²) in [6.45, 7) is 0. The maximum atomic E-state index is 4.48. The summed E-state index contributed by atoms with van der Waals surface area (Å²) in [5, 5.41) is 12.9. The molecule has 0 fully saturated rings. The number of thiazole rings is 1. The smallest absolute Gasteiger partial charge is 0.187 e. The van der Waals surface area contributed by atoms with Crippen LogP contribution in [0.4, 0.5) is 10.8 Å². The second kappa shape index (κ2) is 4.39. The number of H-pyrrole nitrogens is 1. The fourth-order valence-electron chi connectivity index (χ4n) is 1.50. The largest absolute Gasteiger partial charge is 0.332 e. The Balaban J connectivity index is 1.82. The van der Waals surface area contributed by atoms with Crippen LogP contribution in [0.3, 0.4) is 0 Å². The van der Waals surface area contributed by atoms with Gasteiger partial charge in [-0.2, -0.15) is 5.10 Å². The summed E-state index contributed by atoms with van der Waals surface area (Å²) in [4.78, 5) is 4.48. The molecule has 17 heavy (non-hydrogen) atoms. The zero-order valence-electron chi connectivity index (χ0n) is 8.92. The van der Waals surface area contributed by atoms with Crippen LogP contribution in [0.25, 0.3) is 11.4 Å². The summed E-state index contributed by atoms with van der Waals surface area (Å²) in [6, 6.07) is 11.9. The predicted octanol–water partition coefficient (Wildman–Crippen LogP) is 3.28. The average Bonchev–Trinajstić information content (AvgIpc) is 3.00. The van der Waals surface area contributed by atoms with Crippen molar-refractivity contribution in [2.75, 3.05) is 5.32 Å². The highest BCUT2D eigenvalue weighted by molar-refractivity contribution is 7.14. The minimum absolute atomic E-state index is 0.876. The van der Waals surface area contributed by atoms with Crippen LogP contribution >= 0.6 is 11.3 Å². The third kappa shape index (κ3) is 2.19. The maximum absolute atomic E-state index is 4.48. The van der Waals surface area contributed by atoms with Crippen molar-refractivity contribution in [2.45, 2.75) is 0 Å². The van der Waals surface area contributed by atoms with Gasteiger partial charge in [0.1, 0.15) is 5.69 Å². The van der Waals surface area contributed by atoms with Crippen LogP contribution in [0.1, 0.15) is 0 Å². The Labute approximate surface area is 102 Å². The third-order valence-electron chi connectivity index (χ3n) is 2.31. The van der Waals surface area contributed by atoms with E-state index in [-0.39, 0.29) is 0 Å². The zero-order valence-corrected chi connectivity index (χ0v) is 9.74. The lowest BCUT2D eigenvalue weighted by molar-refractivity contribution is 1.09. The molecular weight excluding hydrogens is 232 g/mol. The normalized spacial score (nSPS) is 10.4. The van der Waals surface area contributed by atoms with E-state index < -0.39 is 0 Å². The van der Waals surface area contributed by atoms with Gasteiger partial charge in [0.2, 0.25) is 0 Å². The van der Waals surface area contributed by atoms with E-state index >= 15 is 0 Å². The fourth-order valence-corrected chi connectivity index (χ4v) is 2.23. The quantitative estimate of drug-likeness (QED) is 0.741. The van der Waals surface area contributed by atoms with Crippen molar-refractivity contribution in [3.8, 4) is 11.4 Å². The number of benzene rings is 1. The molecule has 2 N–H and O–H groups in total. The topological polar surface area (TPSA) is 53.6 Å². The van der Waals surface area contributed by atoms with Gasteiger partial charge in [-0.25, -0.2) is 4.98 Å². The van der Waals surface area contributed by atoms with Crippen molar-refractivity contribution < 1.29 is 0 Å². The molecule has 0 aliphatic heterocycles. The first-order valence-electron chi connectivity index (χ1n) is 5.19. The molecule has 0 aliphatic carbocycles. The summed E-state index contributed by atoms with van der Waals surface area (Å²) in [6.07, 6.45) is 1.72. The second-order valence-corrected chi connectivity index (χ2v) is 4.36. The van der Waals surface area contributed by atoms with E-state index in [1.165, 1.54) is 0 Å². The summed E-state index contributed by atoms with van der Waals surface area (Å²) in [5.41, 5.74) is 2.88. The molecule has 0 unspecified atom stereocenters. The minimum Gasteiger partial charge on any atom is -0.332 e. The number of hydrogen-bond acceptors (Lipinski definition) is 4. The van der Waals surface area contributed by atoms with Gasteiger partial charge in [0, 0.05) is 17.3 Å². The van der Waals surface area contributed by atoms with Crippen LogP contribution in [-0.4, -0.2) is 15.2 Å². The van der Waals surface area contributed by atoms with Crippen molar-refractivity contribution in [1.82, 2.24) is 15.2 Å². The molecule has 4 nitrogen and oxygen atoms in total. The number of para-hydroxylation sites is 1. The molecule has 0 atom stereocenters. The van der Waals surface area contributed by atoms with E-state index in [9.17, 15) is 0 Å². The van der Waals surface area contributed by atoms with E-state index in [0.29, 0.717) is 0 Å². The predicted molar refractivity (Wildman–Crippen MR) is 69.4 cm³/mol. The standard InChI is InChI=1S/C12H10N4S/c1-2-4-9(5-3-1)14-12-15-11(8-17-12)10-6-7-13-16-10/h1-8H,(H,13,16)(H,14,15). The molecule has 0 bridgehead atoms. The first kappa shape index (κ1) is 10.0. The summed E-state index contributed by atoms with van der Waals surface area (Å²) in [7, 11) is 0. The number of hydrogen-bond donors (Lipinski definition) is 2. The molecule has 0 saturated carbocycles. The van der Waals surface area contributed by atoms with Gasteiger partial charge in [-0.15, -0.1) is 11.3 Å². The molecule has 0 spiro atoms. The highest BCUT2D eigenvalue weighted by atomic mass is 32.1. The Hall–Kier alpha value is -2.14. The summed E-state index contributed by atoms with van der Waals surface area (Å²) in [5.74, 6) is 0. The molecule has 3 aromatic rings. The monoisotopic (exact) mass is 242 g/mol. The van der Waals surface area contributed by atoms with Gasteiger partial charge >= 0.3 is 0 Å². The Morgan fingerprint density at radius 3 is 2.76 bits per heavy atom. The first-order chi connectivity index (χ1) is 8.42.